The molecule has 2 aromatic carbocycles. The summed E-state index contributed by atoms with van der Waals surface area (Å²) < 4.78 is 5.72. The zero-order chi connectivity index (χ0) is 15.6. The number of nitriles is 1. The van der Waals surface area contributed by atoms with Crippen molar-refractivity contribution in [3.8, 4) is 22.9 Å². The van der Waals surface area contributed by atoms with Crippen LogP contribution in [0.4, 0.5) is 0 Å². The van der Waals surface area contributed by atoms with Crippen LogP contribution in [-0.4, -0.2) is 6.61 Å². The first-order chi connectivity index (χ1) is 10.8. The summed E-state index contributed by atoms with van der Waals surface area (Å²) >= 11 is 0. The largest absolute Gasteiger partial charge is 0.493 e. The van der Waals surface area contributed by atoms with Gasteiger partial charge < -0.3 is 4.74 Å². The highest BCUT2D eigenvalue weighted by molar-refractivity contribution is 5.64. The molecule has 2 nitrogen and oxygen atoms in total. The Morgan fingerprint density at radius 1 is 0.909 bits per heavy atom. The highest BCUT2D eigenvalue weighted by Crippen LogP contribution is 2.22. The number of allylic oxidation sites excluding steroid dienone is 1. The summed E-state index contributed by atoms with van der Waals surface area (Å²) in [4.78, 5) is 0. The zero-order valence-corrected chi connectivity index (χ0v) is 13.0. The second-order valence-corrected chi connectivity index (χ2v) is 5.11. The van der Waals surface area contributed by atoms with E-state index in [9.17, 15) is 0 Å². The minimum atomic E-state index is 0.680. The van der Waals surface area contributed by atoms with E-state index in [2.05, 4.69) is 25.1 Å². The molecule has 112 valence electrons. The molecule has 0 spiro atoms. The Bertz CT molecular complexity index is 633. The molecule has 0 amide bonds. The summed E-state index contributed by atoms with van der Waals surface area (Å²) in [6, 6.07) is 17.8. The lowest BCUT2D eigenvalue weighted by Crippen LogP contribution is -1.95. The molecule has 2 rings (SSSR count). The van der Waals surface area contributed by atoms with E-state index in [4.69, 9.17) is 10.00 Å². The van der Waals surface area contributed by atoms with Crippen LogP contribution in [0.1, 0.15) is 31.7 Å². The summed E-state index contributed by atoms with van der Waals surface area (Å²) in [6.07, 6.45) is 7.65. The fourth-order valence-corrected chi connectivity index (χ4v) is 2.13. The van der Waals surface area contributed by atoms with Gasteiger partial charge in [-0.1, -0.05) is 49.8 Å². The van der Waals surface area contributed by atoms with E-state index in [-0.39, 0.29) is 0 Å². The molecular formula is C20H21NO. The molecule has 0 aliphatic carbocycles. The Kier molecular flexibility index (Phi) is 6.26. The van der Waals surface area contributed by atoms with Crippen LogP contribution < -0.4 is 4.74 Å². The molecule has 0 radical (unpaired) electrons. The Balaban J connectivity index is 1.88. The molecule has 2 aromatic rings. The van der Waals surface area contributed by atoms with Gasteiger partial charge in [-0.25, -0.2) is 0 Å². The maximum atomic E-state index is 8.81. The Morgan fingerprint density at radius 3 is 2.09 bits per heavy atom. The van der Waals surface area contributed by atoms with Crippen molar-refractivity contribution in [1.29, 1.82) is 5.26 Å². The number of ether oxygens (including phenoxy) is 1. The SMILES string of the molecule is CCC/C=C\CCOc1ccc(-c2ccc(C#N)cc2)cc1. The van der Waals surface area contributed by atoms with Crippen LogP contribution in [0.2, 0.25) is 0 Å². The van der Waals surface area contributed by atoms with Crippen molar-refractivity contribution in [2.45, 2.75) is 26.2 Å². The molecule has 0 N–H and O–H groups in total. The van der Waals surface area contributed by atoms with Crippen LogP contribution >= 0.6 is 0 Å². The van der Waals surface area contributed by atoms with E-state index >= 15 is 0 Å². The minimum absolute atomic E-state index is 0.680. The molecule has 0 aliphatic rings. The summed E-state index contributed by atoms with van der Waals surface area (Å²) in [6.45, 7) is 2.88. The van der Waals surface area contributed by atoms with Gasteiger partial charge in [-0.2, -0.15) is 5.26 Å². The summed E-state index contributed by atoms with van der Waals surface area (Å²) in [5.41, 5.74) is 2.91. The molecule has 0 heterocycles. The molecule has 0 aliphatic heterocycles. The molecule has 0 saturated heterocycles. The van der Waals surface area contributed by atoms with Crippen LogP contribution in [0, 0.1) is 11.3 Å². The van der Waals surface area contributed by atoms with Gasteiger partial charge in [0.2, 0.25) is 0 Å². The summed E-state index contributed by atoms with van der Waals surface area (Å²) in [5, 5.41) is 8.81. The third-order valence-corrected chi connectivity index (χ3v) is 3.38. The number of hydrogen-bond acceptors (Lipinski definition) is 2. The molecule has 0 aromatic heterocycles. The predicted octanol–water partition coefficient (Wildman–Crippen LogP) is 5.35. The van der Waals surface area contributed by atoms with Gasteiger partial charge >= 0.3 is 0 Å². The van der Waals surface area contributed by atoms with Crippen molar-refractivity contribution >= 4 is 0 Å². The number of nitrogens with zero attached hydrogens (tertiary/aromatic N) is 1. The lowest BCUT2D eigenvalue weighted by molar-refractivity contribution is 0.325. The lowest BCUT2D eigenvalue weighted by atomic mass is 10.0. The van der Waals surface area contributed by atoms with E-state index in [1.54, 1.807) is 0 Å². The first kappa shape index (κ1) is 15.9. The van der Waals surface area contributed by atoms with Crippen molar-refractivity contribution in [3.63, 3.8) is 0 Å². The lowest BCUT2D eigenvalue weighted by Gasteiger charge is -2.06. The van der Waals surface area contributed by atoms with Crippen LogP contribution in [0.15, 0.2) is 60.7 Å². The predicted molar refractivity (Wildman–Crippen MR) is 90.8 cm³/mol. The number of unbranched alkanes of at least 4 members (excludes halogenated alkanes) is 1. The summed E-state index contributed by atoms with van der Waals surface area (Å²) in [5.74, 6) is 0.890. The van der Waals surface area contributed by atoms with Crippen molar-refractivity contribution in [3.05, 3.63) is 66.2 Å². The highest BCUT2D eigenvalue weighted by atomic mass is 16.5. The average molecular weight is 291 g/mol. The molecular weight excluding hydrogens is 270 g/mol. The molecule has 0 atom stereocenters. The zero-order valence-electron chi connectivity index (χ0n) is 13.0. The Morgan fingerprint density at radius 2 is 1.50 bits per heavy atom. The fraction of sp³-hybridized carbons (Fsp3) is 0.250. The van der Waals surface area contributed by atoms with Crippen molar-refractivity contribution in [1.82, 2.24) is 0 Å². The van der Waals surface area contributed by atoms with Gasteiger partial charge in [0, 0.05) is 0 Å². The molecule has 0 fully saturated rings. The van der Waals surface area contributed by atoms with E-state index in [0.29, 0.717) is 12.2 Å². The van der Waals surface area contributed by atoms with Crippen molar-refractivity contribution < 1.29 is 4.74 Å². The third-order valence-electron chi connectivity index (χ3n) is 3.38. The maximum Gasteiger partial charge on any atom is 0.119 e. The topological polar surface area (TPSA) is 33.0 Å². The van der Waals surface area contributed by atoms with Gasteiger partial charge in [0.15, 0.2) is 0 Å². The smallest absolute Gasteiger partial charge is 0.119 e. The Labute approximate surface area is 132 Å². The monoisotopic (exact) mass is 291 g/mol. The second-order valence-electron chi connectivity index (χ2n) is 5.11. The van der Waals surface area contributed by atoms with E-state index in [0.717, 1.165) is 29.7 Å². The number of benzene rings is 2. The molecule has 0 saturated carbocycles. The average Bonchev–Trinajstić information content (AvgIpc) is 2.59. The third kappa shape index (κ3) is 4.79. The summed E-state index contributed by atoms with van der Waals surface area (Å²) in [7, 11) is 0. The van der Waals surface area contributed by atoms with Crippen LogP contribution in [0.25, 0.3) is 11.1 Å². The van der Waals surface area contributed by atoms with Crippen LogP contribution in [-0.2, 0) is 0 Å². The highest BCUT2D eigenvalue weighted by Gasteiger charge is 1.99. The van der Waals surface area contributed by atoms with Crippen LogP contribution in [0.3, 0.4) is 0 Å². The number of hydrogen-bond donors (Lipinski definition) is 0. The van der Waals surface area contributed by atoms with Gasteiger partial charge in [0.25, 0.3) is 0 Å². The second kappa shape index (κ2) is 8.69. The molecule has 2 heteroatoms. The van der Waals surface area contributed by atoms with E-state index < -0.39 is 0 Å². The van der Waals surface area contributed by atoms with Crippen LogP contribution in [0.5, 0.6) is 5.75 Å². The van der Waals surface area contributed by atoms with E-state index in [1.165, 1.54) is 6.42 Å². The molecule has 0 bridgehead atoms. The normalized spacial score (nSPS) is 10.5. The standard InChI is InChI=1S/C20H21NO/c1-2-3-4-5-6-15-22-20-13-11-19(12-14-20)18-9-7-17(16-21)8-10-18/h4-5,7-14H,2-3,6,15H2,1H3/b5-4-. The quantitative estimate of drug-likeness (QED) is 0.509. The first-order valence-electron chi connectivity index (χ1n) is 7.72. The first-order valence-corrected chi connectivity index (χ1v) is 7.72. The van der Waals surface area contributed by atoms with Gasteiger partial charge in [-0.05, 0) is 48.2 Å². The minimum Gasteiger partial charge on any atom is -0.493 e. The molecule has 0 unspecified atom stereocenters. The fourth-order valence-electron chi connectivity index (χ4n) is 2.13. The number of rotatable bonds is 7. The van der Waals surface area contributed by atoms with Crippen molar-refractivity contribution in [2.75, 3.05) is 6.61 Å². The van der Waals surface area contributed by atoms with Crippen molar-refractivity contribution in [2.24, 2.45) is 0 Å². The van der Waals surface area contributed by atoms with Gasteiger partial charge in [-0.15, -0.1) is 0 Å². The van der Waals surface area contributed by atoms with Gasteiger partial charge in [-0.3, -0.25) is 0 Å². The molecule has 22 heavy (non-hydrogen) atoms. The maximum absolute atomic E-state index is 8.81. The van der Waals surface area contributed by atoms with E-state index in [1.807, 2.05) is 48.5 Å². The Hall–Kier alpha value is -2.53. The van der Waals surface area contributed by atoms with Gasteiger partial charge in [0.1, 0.15) is 5.75 Å². The van der Waals surface area contributed by atoms with Gasteiger partial charge in [0.05, 0.1) is 18.2 Å².